The summed E-state index contributed by atoms with van der Waals surface area (Å²) in [5.74, 6) is -0.175. The minimum Gasteiger partial charge on any atom is -0.346 e. The Bertz CT molecular complexity index is 980. The minimum atomic E-state index is -0.175. The first-order chi connectivity index (χ1) is 15.1. The Morgan fingerprint density at radius 1 is 0.806 bits per heavy atom. The zero-order valence-corrected chi connectivity index (χ0v) is 19.5. The molecule has 0 unspecified atom stereocenters. The molecule has 0 saturated carbocycles. The maximum atomic E-state index is 12.5. The number of nitrogens with one attached hydrogen (secondary N) is 1. The van der Waals surface area contributed by atoms with Gasteiger partial charge in [-0.15, -0.1) is 0 Å². The van der Waals surface area contributed by atoms with Crippen molar-refractivity contribution in [3.8, 4) is 0 Å². The van der Waals surface area contributed by atoms with Gasteiger partial charge in [0.1, 0.15) is 0 Å². The Morgan fingerprint density at radius 2 is 1.32 bits per heavy atom. The minimum absolute atomic E-state index is 0.175. The fourth-order valence-electron chi connectivity index (χ4n) is 3.92. The van der Waals surface area contributed by atoms with Crippen LogP contribution in [0.15, 0.2) is 89.4 Å². The first kappa shape index (κ1) is 21.7. The van der Waals surface area contributed by atoms with Crippen LogP contribution in [-0.2, 0) is 0 Å². The van der Waals surface area contributed by atoms with E-state index in [9.17, 15) is 4.79 Å². The summed E-state index contributed by atoms with van der Waals surface area (Å²) in [6, 6.07) is 28.7. The summed E-state index contributed by atoms with van der Waals surface area (Å²) >= 11 is 8.92. The number of halogens is 1. The molecule has 1 heterocycles. The summed E-state index contributed by atoms with van der Waals surface area (Å²) in [6.45, 7) is 3.27. The van der Waals surface area contributed by atoms with Gasteiger partial charge in [0.25, 0.3) is 5.91 Å². The third-order valence-corrected chi connectivity index (χ3v) is 6.41. The summed E-state index contributed by atoms with van der Waals surface area (Å²) in [6.07, 6.45) is 0. The average Bonchev–Trinajstić information content (AvgIpc) is 2.81. The van der Waals surface area contributed by atoms with Crippen molar-refractivity contribution in [2.75, 3.05) is 26.2 Å². The topological polar surface area (TPSA) is 35.6 Å². The molecule has 4 rings (SSSR count). The Hall–Kier alpha value is -2.54. The normalized spacial score (nSPS) is 14.5. The lowest BCUT2D eigenvalue weighted by Crippen LogP contribution is -2.53. The van der Waals surface area contributed by atoms with Crippen LogP contribution in [0.1, 0.15) is 27.5 Å². The van der Waals surface area contributed by atoms with Crippen LogP contribution in [0.4, 0.5) is 0 Å². The molecular weight excluding hydrogens is 470 g/mol. The van der Waals surface area contributed by atoms with Crippen LogP contribution in [0.3, 0.4) is 0 Å². The van der Waals surface area contributed by atoms with Crippen LogP contribution >= 0.6 is 28.1 Å². The van der Waals surface area contributed by atoms with Crippen LogP contribution in [0.5, 0.6) is 0 Å². The van der Waals surface area contributed by atoms with Gasteiger partial charge in [-0.2, -0.15) is 0 Å². The molecule has 0 aliphatic carbocycles. The molecule has 31 heavy (non-hydrogen) atoms. The van der Waals surface area contributed by atoms with Gasteiger partial charge in [0, 0.05) is 36.2 Å². The highest BCUT2D eigenvalue weighted by atomic mass is 79.9. The number of nitrogens with zero attached hydrogens (tertiary/aromatic N) is 2. The van der Waals surface area contributed by atoms with E-state index in [0.29, 0.717) is 10.7 Å². The Morgan fingerprint density at radius 3 is 1.84 bits per heavy atom. The number of benzene rings is 3. The second-order valence-electron chi connectivity index (χ2n) is 7.51. The first-order valence-electron chi connectivity index (χ1n) is 10.3. The third-order valence-electron chi connectivity index (χ3n) is 5.52. The Balaban J connectivity index is 1.41. The van der Waals surface area contributed by atoms with Crippen molar-refractivity contribution in [3.63, 3.8) is 0 Å². The van der Waals surface area contributed by atoms with Crippen molar-refractivity contribution < 1.29 is 4.79 Å². The van der Waals surface area contributed by atoms with Gasteiger partial charge in [-0.1, -0.05) is 76.6 Å². The standard InChI is InChI=1S/C25H24BrN3OS/c26-22-13-11-21(12-14-22)24(30)27-25(31)29-17-15-28(16-18-29)23(19-7-3-1-4-8-19)20-9-5-2-6-10-20/h1-14,23H,15-18H2,(H,27,30,31). The molecule has 1 fully saturated rings. The van der Waals surface area contributed by atoms with Crippen molar-refractivity contribution in [1.29, 1.82) is 0 Å². The van der Waals surface area contributed by atoms with Crippen molar-refractivity contribution in [2.24, 2.45) is 0 Å². The molecule has 3 aromatic carbocycles. The molecule has 3 aromatic rings. The molecule has 6 heteroatoms. The number of hydrogen-bond acceptors (Lipinski definition) is 3. The SMILES string of the molecule is O=C(NC(=S)N1CCN(C(c2ccccc2)c2ccccc2)CC1)c1ccc(Br)cc1. The number of carbonyl (C=O) groups is 1. The lowest BCUT2D eigenvalue weighted by Gasteiger charge is -2.40. The van der Waals surface area contributed by atoms with E-state index in [1.165, 1.54) is 11.1 Å². The highest BCUT2D eigenvalue weighted by Gasteiger charge is 2.27. The van der Waals surface area contributed by atoms with Crippen molar-refractivity contribution >= 4 is 39.2 Å². The van der Waals surface area contributed by atoms with E-state index in [1.54, 1.807) is 12.1 Å². The van der Waals surface area contributed by atoms with Gasteiger partial charge in [-0.25, -0.2) is 0 Å². The van der Waals surface area contributed by atoms with Gasteiger partial charge in [0.05, 0.1) is 6.04 Å². The number of piperazine rings is 1. The fraction of sp³-hybridized carbons (Fsp3) is 0.200. The van der Waals surface area contributed by atoms with Gasteiger partial charge < -0.3 is 4.90 Å². The smallest absolute Gasteiger partial charge is 0.257 e. The average molecular weight is 494 g/mol. The second-order valence-corrected chi connectivity index (χ2v) is 8.82. The van der Waals surface area contributed by atoms with Gasteiger partial charge in [0.2, 0.25) is 0 Å². The van der Waals surface area contributed by atoms with Crippen molar-refractivity contribution in [3.05, 3.63) is 106 Å². The van der Waals surface area contributed by atoms with E-state index < -0.39 is 0 Å². The third kappa shape index (κ3) is 5.39. The van der Waals surface area contributed by atoms with E-state index >= 15 is 0 Å². The van der Waals surface area contributed by atoms with Crippen LogP contribution in [0.25, 0.3) is 0 Å². The zero-order valence-electron chi connectivity index (χ0n) is 17.1. The number of amides is 1. The molecule has 158 valence electrons. The van der Waals surface area contributed by atoms with Crippen molar-refractivity contribution in [2.45, 2.75) is 6.04 Å². The predicted octanol–water partition coefficient (Wildman–Crippen LogP) is 4.87. The number of thiocarbonyl (C=S) groups is 1. The van der Waals surface area contributed by atoms with Crippen LogP contribution in [0.2, 0.25) is 0 Å². The predicted molar refractivity (Wildman–Crippen MR) is 132 cm³/mol. The summed E-state index contributed by atoms with van der Waals surface area (Å²) in [5, 5.41) is 3.37. The molecule has 1 aliphatic heterocycles. The van der Waals surface area contributed by atoms with Crippen LogP contribution in [-0.4, -0.2) is 47.0 Å². The van der Waals surface area contributed by atoms with Gasteiger partial charge >= 0.3 is 0 Å². The number of carbonyl (C=O) groups excluding carboxylic acids is 1. The van der Waals surface area contributed by atoms with Crippen LogP contribution in [0, 0.1) is 0 Å². The molecule has 1 saturated heterocycles. The quantitative estimate of drug-likeness (QED) is 0.525. The molecular formula is C25H24BrN3OS. The van der Waals surface area contributed by atoms with E-state index in [1.807, 2.05) is 12.1 Å². The highest BCUT2D eigenvalue weighted by molar-refractivity contribution is 9.10. The Kier molecular flexibility index (Phi) is 7.12. The molecule has 0 bridgehead atoms. The van der Waals surface area contributed by atoms with E-state index in [4.69, 9.17) is 12.2 Å². The van der Waals surface area contributed by atoms with Crippen molar-refractivity contribution in [1.82, 2.24) is 15.1 Å². The zero-order chi connectivity index (χ0) is 21.6. The Labute approximate surface area is 197 Å². The first-order valence-corrected chi connectivity index (χ1v) is 11.5. The second kappa shape index (κ2) is 10.2. The molecule has 0 spiro atoms. The van der Waals surface area contributed by atoms with E-state index in [2.05, 4.69) is 91.7 Å². The van der Waals surface area contributed by atoms with E-state index in [0.717, 1.165) is 30.7 Å². The van der Waals surface area contributed by atoms with Crippen LogP contribution < -0.4 is 5.32 Å². The summed E-state index contributed by atoms with van der Waals surface area (Å²) in [7, 11) is 0. The number of rotatable bonds is 4. The molecule has 4 nitrogen and oxygen atoms in total. The van der Waals surface area contributed by atoms with E-state index in [-0.39, 0.29) is 11.9 Å². The monoisotopic (exact) mass is 493 g/mol. The lowest BCUT2D eigenvalue weighted by atomic mass is 9.96. The largest absolute Gasteiger partial charge is 0.346 e. The summed E-state index contributed by atoms with van der Waals surface area (Å²) in [5.41, 5.74) is 3.17. The van der Waals surface area contributed by atoms with Gasteiger partial charge in [0.15, 0.2) is 5.11 Å². The molecule has 1 aliphatic rings. The lowest BCUT2D eigenvalue weighted by molar-refractivity contribution is 0.0967. The summed E-state index contributed by atoms with van der Waals surface area (Å²) < 4.78 is 0.939. The maximum Gasteiger partial charge on any atom is 0.257 e. The highest BCUT2D eigenvalue weighted by Crippen LogP contribution is 2.29. The number of hydrogen-bond donors (Lipinski definition) is 1. The fourth-order valence-corrected chi connectivity index (χ4v) is 4.46. The van der Waals surface area contributed by atoms with Gasteiger partial charge in [-0.05, 0) is 47.6 Å². The molecule has 0 radical (unpaired) electrons. The van der Waals surface area contributed by atoms with Gasteiger partial charge in [-0.3, -0.25) is 15.0 Å². The summed E-state index contributed by atoms with van der Waals surface area (Å²) in [4.78, 5) is 17.1. The maximum absolute atomic E-state index is 12.5. The molecule has 0 aromatic heterocycles. The molecule has 1 N–H and O–H groups in total. The molecule has 0 atom stereocenters. The molecule has 1 amide bonds.